The highest BCUT2D eigenvalue weighted by Gasteiger charge is 2.21. The van der Waals surface area contributed by atoms with Gasteiger partial charge in [0.25, 0.3) is 0 Å². The van der Waals surface area contributed by atoms with Crippen molar-refractivity contribution in [1.29, 1.82) is 0 Å². The van der Waals surface area contributed by atoms with Crippen molar-refractivity contribution < 1.29 is 5.11 Å². The highest BCUT2D eigenvalue weighted by atomic mass is 16.3. The molecule has 0 bridgehead atoms. The van der Waals surface area contributed by atoms with E-state index in [9.17, 15) is 5.11 Å². The Morgan fingerprint density at radius 1 is 1.43 bits per heavy atom. The van der Waals surface area contributed by atoms with Gasteiger partial charge in [0.05, 0.1) is 6.10 Å². The van der Waals surface area contributed by atoms with Crippen LogP contribution in [0.3, 0.4) is 0 Å². The van der Waals surface area contributed by atoms with Crippen LogP contribution in [0.15, 0.2) is 12.2 Å². The molecule has 0 aromatic rings. The van der Waals surface area contributed by atoms with Crippen molar-refractivity contribution >= 4 is 0 Å². The third-order valence-electron chi connectivity index (χ3n) is 3.00. The Bertz CT molecular complexity index is 179. The molecule has 2 N–H and O–H groups in total. The third kappa shape index (κ3) is 4.25. The van der Waals surface area contributed by atoms with E-state index < -0.39 is 0 Å². The molecule has 1 rings (SSSR count). The summed E-state index contributed by atoms with van der Waals surface area (Å²) in [7, 11) is 0. The first-order valence-corrected chi connectivity index (χ1v) is 5.73. The summed E-state index contributed by atoms with van der Waals surface area (Å²) in [5, 5.41) is 13.1. The molecule has 0 amide bonds. The molecule has 1 aliphatic rings. The smallest absolute Gasteiger partial charge is 0.0580 e. The van der Waals surface area contributed by atoms with Gasteiger partial charge < -0.3 is 10.4 Å². The van der Waals surface area contributed by atoms with Gasteiger partial charge in [-0.25, -0.2) is 0 Å². The predicted molar refractivity (Wildman–Crippen MR) is 60.3 cm³/mol. The first-order chi connectivity index (χ1) is 6.70. The monoisotopic (exact) mass is 197 g/mol. The number of nitrogens with one attached hydrogen (secondary N) is 1. The molecule has 1 saturated carbocycles. The molecule has 0 spiro atoms. The highest BCUT2D eigenvalue weighted by molar-refractivity contribution is 4.88. The van der Waals surface area contributed by atoms with E-state index in [1.54, 1.807) is 0 Å². The van der Waals surface area contributed by atoms with E-state index in [0.29, 0.717) is 5.92 Å². The van der Waals surface area contributed by atoms with E-state index in [4.69, 9.17) is 0 Å². The van der Waals surface area contributed by atoms with Crippen molar-refractivity contribution in [2.45, 2.75) is 45.1 Å². The summed E-state index contributed by atoms with van der Waals surface area (Å²) in [6.45, 7) is 7.88. The lowest BCUT2D eigenvalue weighted by atomic mass is 9.86. The van der Waals surface area contributed by atoms with Crippen molar-refractivity contribution in [3.63, 3.8) is 0 Å². The molecular formula is C12H23NO. The van der Waals surface area contributed by atoms with Crippen LogP contribution in [0.2, 0.25) is 0 Å². The largest absolute Gasteiger partial charge is 0.393 e. The van der Waals surface area contributed by atoms with Crippen LogP contribution in [0.25, 0.3) is 0 Å². The maximum Gasteiger partial charge on any atom is 0.0580 e. The number of rotatable bonds is 5. The number of aliphatic hydroxyl groups is 1. The fourth-order valence-electron chi connectivity index (χ4n) is 2.02. The van der Waals surface area contributed by atoms with Crippen molar-refractivity contribution in [3.8, 4) is 0 Å². The van der Waals surface area contributed by atoms with Crippen molar-refractivity contribution in [2.75, 3.05) is 13.1 Å². The van der Waals surface area contributed by atoms with Gasteiger partial charge in [-0.1, -0.05) is 18.4 Å². The number of hydrogen-bond acceptors (Lipinski definition) is 2. The van der Waals surface area contributed by atoms with Gasteiger partial charge in [-0.15, -0.1) is 6.58 Å². The molecular weight excluding hydrogens is 174 g/mol. The Kier molecular flexibility index (Phi) is 5.20. The van der Waals surface area contributed by atoms with Crippen LogP contribution in [0.5, 0.6) is 0 Å². The normalized spacial score (nSPS) is 27.6. The van der Waals surface area contributed by atoms with Crippen molar-refractivity contribution in [1.82, 2.24) is 5.32 Å². The predicted octanol–water partition coefficient (Wildman–Crippen LogP) is 2.09. The molecule has 0 radical (unpaired) electrons. The molecule has 0 saturated heterocycles. The van der Waals surface area contributed by atoms with Crippen LogP contribution >= 0.6 is 0 Å². The topological polar surface area (TPSA) is 32.3 Å². The Hall–Kier alpha value is -0.340. The third-order valence-corrected chi connectivity index (χ3v) is 3.00. The van der Waals surface area contributed by atoms with E-state index in [1.807, 2.05) is 0 Å². The maximum absolute atomic E-state index is 9.72. The van der Waals surface area contributed by atoms with Gasteiger partial charge in [0, 0.05) is 6.54 Å². The van der Waals surface area contributed by atoms with Crippen LogP contribution in [-0.2, 0) is 0 Å². The van der Waals surface area contributed by atoms with E-state index in [2.05, 4.69) is 18.8 Å². The summed E-state index contributed by atoms with van der Waals surface area (Å²) in [4.78, 5) is 0. The first kappa shape index (κ1) is 11.7. The Balaban J connectivity index is 2.07. The average Bonchev–Trinajstić information content (AvgIpc) is 2.15. The maximum atomic E-state index is 9.72. The summed E-state index contributed by atoms with van der Waals surface area (Å²) in [5.74, 6) is 0.480. The zero-order valence-corrected chi connectivity index (χ0v) is 9.26. The van der Waals surface area contributed by atoms with Gasteiger partial charge in [0.1, 0.15) is 0 Å². The van der Waals surface area contributed by atoms with Gasteiger partial charge in [-0.05, 0) is 38.6 Å². The van der Waals surface area contributed by atoms with E-state index in [-0.39, 0.29) is 6.10 Å². The Morgan fingerprint density at radius 3 is 2.79 bits per heavy atom. The lowest BCUT2D eigenvalue weighted by Gasteiger charge is -2.27. The summed E-state index contributed by atoms with van der Waals surface area (Å²) in [6.07, 6.45) is 5.63. The molecule has 1 fully saturated rings. The first-order valence-electron chi connectivity index (χ1n) is 5.73. The molecule has 2 unspecified atom stereocenters. The fraction of sp³-hybridized carbons (Fsp3) is 0.833. The second-order valence-corrected chi connectivity index (χ2v) is 4.52. The second kappa shape index (κ2) is 6.20. The SMILES string of the molecule is C=C(C)CCNCC1CCCCC1O. The summed E-state index contributed by atoms with van der Waals surface area (Å²) >= 11 is 0. The highest BCUT2D eigenvalue weighted by Crippen LogP contribution is 2.23. The minimum absolute atomic E-state index is 0.0684. The van der Waals surface area contributed by atoms with Gasteiger partial charge in [0.15, 0.2) is 0 Å². The lowest BCUT2D eigenvalue weighted by molar-refractivity contribution is 0.0698. The summed E-state index contributed by atoms with van der Waals surface area (Å²) in [6, 6.07) is 0. The molecule has 2 atom stereocenters. The minimum Gasteiger partial charge on any atom is -0.393 e. The molecule has 2 nitrogen and oxygen atoms in total. The van der Waals surface area contributed by atoms with Crippen LogP contribution in [-0.4, -0.2) is 24.3 Å². The molecule has 2 heteroatoms. The summed E-state index contributed by atoms with van der Waals surface area (Å²) < 4.78 is 0. The zero-order valence-electron chi connectivity index (χ0n) is 9.26. The zero-order chi connectivity index (χ0) is 10.4. The average molecular weight is 197 g/mol. The van der Waals surface area contributed by atoms with Gasteiger partial charge >= 0.3 is 0 Å². The van der Waals surface area contributed by atoms with Crippen LogP contribution in [0, 0.1) is 5.92 Å². The molecule has 0 aromatic carbocycles. The van der Waals surface area contributed by atoms with Crippen LogP contribution in [0.1, 0.15) is 39.0 Å². The number of aliphatic hydroxyl groups excluding tert-OH is 1. The van der Waals surface area contributed by atoms with Gasteiger partial charge in [0.2, 0.25) is 0 Å². The van der Waals surface area contributed by atoms with E-state index in [0.717, 1.165) is 25.9 Å². The Morgan fingerprint density at radius 2 is 2.14 bits per heavy atom. The van der Waals surface area contributed by atoms with Crippen LogP contribution in [0.4, 0.5) is 0 Å². The van der Waals surface area contributed by atoms with Crippen molar-refractivity contribution in [2.24, 2.45) is 5.92 Å². The van der Waals surface area contributed by atoms with E-state index in [1.165, 1.54) is 24.8 Å². The van der Waals surface area contributed by atoms with Gasteiger partial charge in [-0.2, -0.15) is 0 Å². The molecule has 0 aliphatic heterocycles. The molecule has 14 heavy (non-hydrogen) atoms. The quantitative estimate of drug-likeness (QED) is 0.522. The fourth-order valence-corrected chi connectivity index (χ4v) is 2.02. The molecule has 0 heterocycles. The Labute approximate surface area is 87.4 Å². The lowest BCUT2D eigenvalue weighted by Crippen LogP contribution is -2.34. The minimum atomic E-state index is -0.0684. The molecule has 0 aromatic heterocycles. The standard InChI is InChI=1S/C12H23NO/c1-10(2)7-8-13-9-11-5-3-4-6-12(11)14/h11-14H,1,3-9H2,2H3. The molecule has 82 valence electrons. The molecule has 1 aliphatic carbocycles. The van der Waals surface area contributed by atoms with Crippen LogP contribution < -0.4 is 5.32 Å². The van der Waals surface area contributed by atoms with Crippen molar-refractivity contribution in [3.05, 3.63) is 12.2 Å². The number of hydrogen-bond donors (Lipinski definition) is 2. The van der Waals surface area contributed by atoms with E-state index >= 15 is 0 Å². The van der Waals surface area contributed by atoms with Gasteiger partial charge in [-0.3, -0.25) is 0 Å². The second-order valence-electron chi connectivity index (χ2n) is 4.52. The summed E-state index contributed by atoms with van der Waals surface area (Å²) in [5.41, 5.74) is 1.22.